The van der Waals surface area contributed by atoms with E-state index in [-0.39, 0.29) is 0 Å². The third-order valence-corrected chi connectivity index (χ3v) is 2.87. The Morgan fingerprint density at radius 3 is 2.50 bits per heavy atom. The number of pyridine rings is 1. The number of nitrogen functional groups attached to an aromatic ring is 1. The summed E-state index contributed by atoms with van der Waals surface area (Å²) in [5.74, 6) is 0.574. The fourth-order valence-electron chi connectivity index (χ4n) is 1.18. The van der Waals surface area contributed by atoms with Crippen LogP contribution in [0, 0.1) is 0 Å². The second kappa shape index (κ2) is 6.23. The summed E-state index contributed by atoms with van der Waals surface area (Å²) in [4.78, 5) is 8.50. The Hall–Kier alpha value is -1.42. The van der Waals surface area contributed by atoms with Crippen molar-refractivity contribution in [3.63, 3.8) is 0 Å². The lowest BCUT2D eigenvalue weighted by Gasteiger charge is -1.97. The Kier molecular flexibility index (Phi) is 4.92. The zero-order chi connectivity index (χ0) is 12.0. The van der Waals surface area contributed by atoms with Gasteiger partial charge < -0.3 is 5.73 Å². The first-order valence-electron chi connectivity index (χ1n) is 5.46. The Morgan fingerprint density at radius 2 is 2.06 bits per heavy atom. The van der Waals surface area contributed by atoms with Crippen molar-refractivity contribution in [1.29, 1.82) is 0 Å². The zero-order valence-electron chi connectivity index (χ0n) is 9.90. The largest absolute Gasteiger partial charge is 0.383 e. The van der Waals surface area contributed by atoms with Crippen molar-refractivity contribution >= 4 is 17.2 Å². The highest BCUT2D eigenvalue weighted by molar-refractivity contribution is 7.13. The highest BCUT2D eigenvalue weighted by atomic mass is 32.1. The number of thiazole rings is 1. The molecule has 2 N–H and O–H groups in total. The number of aromatic nitrogens is 2. The van der Waals surface area contributed by atoms with Crippen LogP contribution in [-0.2, 0) is 6.42 Å². The van der Waals surface area contributed by atoms with E-state index in [4.69, 9.17) is 5.73 Å². The minimum Gasteiger partial charge on any atom is -0.383 e. The molecule has 2 aromatic heterocycles. The number of nitrogens with zero attached hydrogens (tertiary/aromatic N) is 2. The maximum atomic E-state index is 5.55. The summed E-state index contributed by atoms with van der Waals surface area (Å²) in [6.45, 7) is 6.09. The van der Waals surface area contributed by atoms with Gasteiger partial charge in [0.1, 0.15) is 10.8 Å². The molecule has 16 heavy (non-hydrogen) atoms. The fraction of sp³-hybridized carbons (Fsp3) is 0.333. The summed E-state index contributed by atoms with van der Waals surface area (Å²) in [6.07, 6.45) is 2.80. The number of hydrogen-bond acceptors (Lipinski definition) is 4. The van der Waals surface area contributed by atoms with E-state index in [1.807, 2.05) is 37.6 Å². The van der Waals surface area contributed by atoms with Gasteiger partial charge >= 0.3 is 0 Å². The van der Waals surface area contributed by atoms with E-state index >= 15 is 0 Å². The maximum absolute atomic E-state index is 5.55. The summed E-state index contributed by atoms with van der Waals surface area (Å²) < 4.78 is 0. The van der Waals surface area contributed by atoms with E-state index in [2.05, 4.69) is 16.9 Å². The predicted octanol–water partition coefficient (Wildman–Crippen LogP) is 3.38. The van der Waals surface area contributed by atoms with Crippen molar-refractivity contribution in [3.05, 3.63) is 29.4 Å². The Labute approximate surface area is 100 Å². The van der Waals surface area contributed by atoms with Crippen molar-refractivity contribution in [2.75, 3.05) is 5.73 Å². The number of aryl methyl sites for hydroxylation is 1. The molecule has 2 aromatic rings. The first-order chi connectivity index (χ1) is 7.79. The van der Waals surface area contributed by atoms with Gasteiger partial charge in [-0.3, -0.25) is 4.98 Å². The third kappa shape index (κ3) is 3.03. The molecule has 4 heteroatoms. The SMILES string of the molecule is CC.CCc1ccc(-c2nc(N)cs2)cn1. The molecular formula is C12H17N3S. The van der Waals surface area contributed by atoms with Gasteiger partial charge in [-0.25, -0.2) is 4.98 Å². The molecule has 0 radical (unpaired) electrons. The normalized spacial score (nSPS) is 9.44. The van der Waals surface area contributed by atoms with E-state index in [0.717, 1.165) is 22.7 Å². The van der Waals surface area contributed by atoms with Gasteiger partial charge in [-0.1, -0.05) is 20.8 Å². The molecule has 3 nitrogen and oxygen atoms in total. The van der Waals surface area contributed by atoms with Crippen molar-refractivity contribution in [1.82, 2.24) is 9.97 Å². The van der Waals surface area contributed by atoms with Crippen LogP contribution in [-0.4, -0.2) is 9.97 Å². The summed E-state index contributed by atoms with van der Waals surface area (Å²) in [7, 11) is 0. The van der Waals surface area contributed by atoms with Gasteiger partial charge in [-0.15, -0.1) is 11.3 Å². The quantitative estimate of drug-likeness (QED) is 0.868. The van der Waals surface area contributed by atoms with Crippen LogP contribution < -0.4 is 5.73 Å². The molecule has 86 valence electrons. The molecule has 0 saturated carbocycles. The van der Waals surface area contributed by atoms with Crippen LogP contribution in [0.15, 0.2) is 23.7 Å². The van der Waals surface area contributed by atoms with Gasteiger partial charge in [0.05, 0.1) is 0 Å². The lowest BCUT2D eigenvalue weighted by atomic mass is 10.2. The standard InChI is InChI=1S/C10H11N3S.C2H6/c1-2-8-4-3-7(5-12-8)10-13-9(11)6-14-10;1-2/h3-6H,2,11H2,1H3;1-2H3. The molecule has 2 rings (SSSR count). The molecule has 2 heterocycles. The van der Waals surface area contributed by atoms with E-state index in [1.54, 1.807) is 0 Å². The van der Waals surface area contributed by atoms with E-state index in [9.17, 15) is 0 Å². The predicted molar refractivity (Wildman–Crippen MR) is 70.5 cm³/mol. The van der Waals surface area contributed by atoms with Gasteiger partial charge in [-0.2, -0.15) is 0 Å². The second-order valence-electron chi connectivity index (χ2n) is 2.97. The third-order valence-electron chi connectivity index (χ3n) is 1.96. The van der Waals surface area contributed by atoms with Gasteiger partial charge in [0.25, 0.3) is 0 Å². The van der Waals surface area contributed by atoms with E-state index in [0.29, 0.717) is 5.82 Å². The van der Waals surface area contributed by atoms with E-state index in [1.165, 1.54) is 11.3 Å². The second-order valence-corrected chi connectivity index (χ2v) is 3.83. The Bertz CT molecular complexity index is 420. The van der Waals surface area contributed by atoms with Crippen LogP contribution in [0.2, 0.25) is 0 Å². The van der Waals surface area contributed by atoms with Gasteiger partial charge in [0.2, 0.25) is 0 Å². The molecule has 0 aliphatic heterocycles. The maximum Gasteiger partial charge on any atom is 0.135 e. The van der Waals surface area contributed by atoms with Crippen LogP contribution >= 0.6 is 11.3 Å². The molecule has 0 saturated heterocycles. The Balaban J connectivity index is 0.000000606. The van der Waals surface area contributed by atoms with Crippen LogP contribution in [0.1, 0.15) is 26.5 Å². The van der Waals surface area contributed by atoms with Crippen LogP contribution in [0.25, 0.3) is 10.6 Å². The molecule has 0 bridgehead atoms. The van der Waals surface area contributed by atoms with Crippen molar-refractivity contribution in [2.24, 2.45) is 0 Å². The fourth-order valence-corrected chi connectivity index (χ4v) is 1.88. The molecule has 0 aliphatic carbocycles. The number of hydrogen-bond donors (Lipinski definition) is 1. The van der Waals surface area contributed by atoms with Crippen molar-refractivity contribution in [2.45, 2.75) is 27.2 Å². The summed E-state index contributed by atoms with van der Waals surface area (Å²) in [5, 5.41) is 2.76. The molecule has 0 spiro atoms. The number of anilines is 1. The molecule has 0 amide bonds. The number of nitrogens with two attached hydrogens (primary N) is 1. The summed E-state index contributed by atoms with van der Waals surface area (Å²) >= 11 is 1.54. The van der Waals surface area contributed by atoms with Crippen LogP contribution in [0.5, 0.6) is 0 Å². The summed E-state index contributed by atoms with van der Waals surface area (Å²) in [6, 6.07) is 4.05. The van der Waals surface area contributed by atoms with E-state index < -0.39 is 0 Å². The smallest absolute Gasteiger partial charge is 0.135 e. The molecule has 0 fully saturated rings. The lowest BCUT2D eigenvalue weighted by Crippen LogP contribution is -1.87. The first-order valence-corrected chi connectivity index (χ1v) is 6.34. The molecular weight excluding hydrogens is 218 g/mol. The van der Waals surface area contributed by atoms with Crippen molar-refractivity contribution in [3.8, 4) is 10.6 Å². The number of rotatable bonds is 2. The topological polar surface area (TPSA) is 51.8 Å². The average Bonchev–Trinajstić information content (AvgIpc) is 2.79. The monoisotopic (exact) mass is 235 g/mol. The lowest BCUT2D eigenvalue weighted by molar-refractivity contribution is 1.04. The molecule has 0 aliphatic rings. The van der Waals surface area contributed by atoms with Crippen LogP contribution in [0.4, 0.5) is 5.82 Å². The highest BCUT2D eigenvalue weighted by Crippen LogP contribution is 2.23. The minimum atomic E-state index is 0.574. The molecule has 0 atom stereocenters. The van der Waals surface area contributed by atoms with Gasteiger partial charge in [0, 0.05) is 22.8 Å². The Morgan fingerprint density at radius 1 is 1.31 bits per heavy atom. The highest BCUT2D eigenvalue weighted by Gasteiger charge is 2.02. The zero-order valence-corrected chi connectivity index (χ0v) is 10.7. The minimum absolute atomic E-state index is 0.574. The van der Waals surface area contributed by atoms with Crippen LogP contribution in [0.3, 0.4) is 0 Å². The summed E-state index contributed by atoms with van der Waals surface area (Å²) in [5.41, 5.74) is 7.68. The van der Waals surface area contributed by atoms with Gasteiger partial charge in [0.15, 0.2) is 0 Å². The average molecular weight is 235 g/mol. The first kappa shape index (κ1) is 12.6. The molecule has 0 unspecified atom stereocenters. The van der Waals surface area contributed by atoms with Gasteiger partial charge in [-0.05, 0) is 18.6 Å². The molecule has 0 aromatic carbocycles. The van der Waals surface area contributed by atoms with Crippen molar-refractivity contribution < 1.29 is 0 Å².